The summed E-state index contributed by atoms with van der Waals surface area (Å²) in [4.78, 5) is 33.5. The van der Waals surface area contributed by atoms with Gasteiger partial charge in [-0.05, 0) is 30.3 Å². The quantitative estimate of drug-likeness (QED) is 0.654. The fourth-order valence-electron chi connectivity index (χ4n) is 1.83. The molecule has 2 aromatic carbocycles. The molecule has 0 saturated heterocycles. The molecule has 0 unspecified atom stereocenters. The molecule has 0 aliphatic carbocycles. The van der Waals surface area contributed by atoms with E-state index in [1.807, 2.05) is 10.9 Å². The van der Waals surface area contributed by atoms with Crippen molar-refractivity contribution in [3.63, 3.8) is 0 Å². The minimum absolute atomic E-state index is 0.0231. The normalized spacial score (nSPS) is 10.8. The van der Waals surface area contributed by atoms with Crippen LogP contribution in [0, 0.1) is 10.1 Å². The van der Waals surface area contributed by atoms with Crippen molar-refractivity contribution < 1.29 is 27.7 Å². The first-order chi connectivity index (χ1) is 11.7. The van der Waals surface area contributed by atoms with Crippen molar-refractivity contribution in [2.24, 2.45) is 0 Å². The van der Waals surface area contributed by atoms with Crippen molar-refractivity contribution in [3.8, 4) is 0 Å². The molecular weight excluding hydrogens is 343 g/mol. The zero-order valence-electron chi connectivity index (χ0n) is 12.3. The fraction of sp³-hybridized carbons (Fsp3) is 0.0667. The number of nitro benzene ring substituents is 1. The van der Waals surface area contributed by atoms with E-state index in [1.54, 1.807) is 0 Å². The maximum absolute atomic E-state index is 12.6. The summed E-state index contributed by atoms with van der Waals surface area (Å²) in [7, 11) is 0. The van der Waals surface area contributed by atoms with Gasteiger partial charge >= 0.3 is 6.18 Å². The molecule has 130 valence electrons. The Hall–Kier alpha value is -3.43. The third kappa shape index (κ3) is 4.53. The number of hydrazine groups is 1. The molecule has 10 heteroatoms. The minimum Gasteiger partial charge on any atom is -0.267 e. The van der Waals surface area contributed by atoms with Gasteiger partial charge in [0.25, 0.3) is 17.5 Å². The largest absolute Gasteiger partial charge is 0.416 e. The van der Waals surface area contributed by atoms with Crippen LogP contribution in [0.15, 0.2) is 48.5 Å². The molecule has 0 fully saturated rings. The first-order valence-electron chi connectivity index (χ1n) is 6.71. The Labute approximate surface area is 138 Å². The summed E-state index contributed by atoms with van der Waals surface area (Å²) in [5.74, 6) is -1.73. The summed E-state index contributed by atoms with van der Waals surface area (Å²) in [5, 5.41) is 10.5. The van der Waals surface area contributed by atoms with Crippen LogP contribution in [0.1, 0.15) is 26.3 Å². The predicted octanol–water partition coefficient (Wildman–Crippen LogP) is 2.69. The van der Waals surface area contributed by atoms with E-state index in [2.05, 4.69) is 0 Å². The molecule has 0 aliphatic rings. The minimum atomic E-state index is -4.60. The maximum atomic E-state index is 12.6. The lowest BCUT2D eigenvalue weighted by Gasteiger charge is -2.10. The van der Waals surface area contributed by atoms with Crippen LogP contribution in [0.2, 0.25) is 0 Å². The molecule has 0 spiro atoms. The number of carbonyl (C=O) groups is 2. The highest BCUT2D eigenvalue weighted by Gasteiger charge is 2.30. The first kappa shape index (κ1) is 17.9. The Kier molecular flexibility index (Phi) is 5.01. The molecule has 0 radical (unpaired) electrons. The van der Waals surface area contributed by atoms with E-state index >= 15 is 0 Å². The molecule has 7 nitrogen and oxygen atoms in total. The number of nitrogens with zero attached hydrogens (tertiary/aromatic N) is 1. The molecule has 2 rings (SSSR count). The Balaban J connectivity index is 2.02. The Morgan fingerprint density at radius 3 is 2.00 bits per heavy atom. The van der Waals surface area contributed by atoms with Gasteiger partial charge in [0.1, 0.15) is 0 Å². The lowest BCUT2D eigenvalue weighted by molar-refractivity contribution is -0.384. The monoisotopic (exact) mass is 353 g/mol. The van der Waals surface area contributed by atoms with Crippen LogP contribution in [0.3, 0.4) is 0 Å². The van der Waals surface area contributed by atoms with Crippen LogP contribution < -0.4 is 10.9 Å². The molecule has 0 aliphatic heterocycles. The van der Waals surface area contributed by atoms with E-state index < -0.39 is 28.5 Å². The van der Waals surface area contributed by atoms with Gasteiger partial charge in [-0.3, -0.25) is 30.6 Å². The molecule has 2 N–H and O–H groups in total. The second-order valence-corrected chi connectivity index (χ2v) is 4.79. The number of benzene rings is 2. The summed E-state index contributed by atoms with van der Waals surface area (Å²) in [5.41, 5.74) is 2.50. The number of non-ortho nitro benzene ring substituents is 1. The number of rotatable bonds is 3. The molecule has 0 heterocycles. The van der Waals surface area contributed by atoms with Gasteiger partial charge in [0.2, 0.25) is 0 Å². The average Bonchev–Trinajstić information content (AvgIpc) is 2.58. The zero-order chi connectivity index (χ0) is 18.6. The van der Waals surface area contributed by atoms with E-state index in [0.717, 1.165) is 30.3 Å². The number of carbonyl (C=O) groups excluding carboxylic acids is 2. The smallest absolute Gasteiger partial charge is 0.267 e. The number of hydrogen-bond acceptors (Lipinski definition) is 4. The molecule has 2 amide bonds. The number of amides is 2. The number of nitro groups is 1. The summed E-state index contributed by atoms with van der Waals surface area (Å²) in [6.45, 7) is 0. The summed E-state index contributed by atoms with van der Waals surface area (Å²) in [6.07, 6.45) is -4.60. The molecule has 2 aromatic rings. The van der Waals surface area contributed by atoms with Gasteiger partial charge in [-0.2, -0.15) is 13.2 Å². The van der Waals surface area contributed by atoms with Crippen molar-refractivity contribution in [1.29, 1.82) is 0 Å². The van der Waals surface area contributed by atoms with Crippen LogP contribution in [0.5, 0.6) is 0 Å². The van der Waals surface area contributed by atoms with E-state index in [-0.39, 0.29) is 16.8 Å². The summed E-state index contributed by atoms with van der Waals surface area (Å²) < 4.78 is 37.8. The first-order valence-corrected chi connectivity index (χ1v) is 6.71. The van der Waals surface area contributed by atoms with Gasteiger partial charge < -0.3 is 0 Å². The van der Waals surface area contributed by atoms with Gasteiger partial charge in [-0.15, -0.1) is 0 Å². The van der Waals surface area contributed by atoms with Crippen LogP contribution in [0.25, 0.3) is 0 Å². The maximum Gasteiger partial charge on any atom is 0.416 e. The summed E-state index contributed by atoms with van der Waals surface area (Å²) in [6, 6.07) is 8.22. The third-order valence-electron chi connectivity index (χ3n) is 3.08. The van der Waals surface area contributed by atoms with Gasteiger partial charge in [0, 0.05) is 23.3 Å². The lowest BCUT2D eigenvalue weighted by Crippen LogP contribution is -2.41. The Morgan fingerprint density at radius 1 is 0.920 bits per heavy atom. The molecular formula is C15H10F3N3O4. The highest BCUT2D eigenvalue weighted by molar-refractivity contribution is 5.99. The number of halogens is 3. The van der Waals surface area contributed by atoms with Crippen LogP contribution in [-0.2, 0) is 6.18 Å². The highest BCUT2D eigenvalue weighted by Crippen LogP contribution is 2.29. The molecule has 25 heavy (non-hydrogen) atoms. The van der Waals surface area contributed by atoms with Gasteiger partial charge in [0.15, 0.2) is 0 Å². The number of hydrogen-bond donors (Lipinski definition) is 2. The number of alkyl halides is 3. The van der Waals surface area contributed by atoms with E-state index in [0.29, 0.717) is 6.07 Å². The van der Waals surface area contributed by atoms with Crippen LogP contribution in [-0.4, -0.2) is 16.7 Å². The number of nitrogens with one attached hydrogen (secondary N) is 2. The van der Waals surface area contributed by atoms with Crippen molar-refractivity contribution in [2.75, 3.05) is 0 Å². The van der Waals surface area contributed by atoms with E-state index in [4.69, 9.17) is 0 Å². The highest BCUT2D eigenvalue weighted by atomic mass is 19.4. The lowest BCUT2D eigenvalue weighted by atomic mass is 10.1. The third-order valence-corrected chi connectivity index (χ3v) is 3.08. The van der Waals surface area contributed by atoms with Gasteiger partial charge in [-0.25, -0.2) is 0 Å². The van der Waals surface area contributed by atoms with Crippen molar-refractivity contribution >= 4 is 17.5 Å². The average molecular weight is 353 g/mol. The topological polar surface area (TPSA) is 101 Å². The Morgan fingerprint density at radius 2 is 1.48 bits per heavy atom. The SMILES string of the molecule is O=C(NNC(=O)c1cccc(C(F)(F)F)c1)c1ccc([N+](=O)[O-])cc1. The standard InChI is InChI=1S/C15H10F3N3O4/c16-15(17,18)11-3-1-2-10(8-11)14(23)20-19-13(22)9-4-6-12(7-5-9)21(24)25/h1-8H,(H,19,22)(H,20,23). The second kappa shape index (κ2) is 6.99. The Bertz CT molecular complexity index is 820. The summed E-state index contributed by atoms with van der Waals surface area (Å²) >= 11 is 0. The van der Waals surface area contributed by atoms with Crippen molar-refractivity contribution in [2.45, 2.75) is 6.18 Å². The van der Waals surface area contributed by atoms with Gasteiger partial charge in [-0.1, -0.05) is 6.07 Å². The zero-order valence-corrected chi connectivity index (χ0v) is 12.3. The van der Waals surface area contributed by atoms with Crippen LogP contribution >= 0.6 is 0 Å². The van der Waals surface area contributed by atoms with Gasteiger partial charge in [0.05, 0.1) is 10.5 Å². The second-order valence-electron chi connectivity index (χ2n) is 4.79. The molecule has 0 saturated carbocycles. The van der Waals surface area contributed by atoms with Crippen molar-refractivity contribution in [3.05, 3.63) is 75.3 Å². The van der Waals surface area contributed by atoms with Crippen molar-refractivity contribution in [1.82, 2.24) is 10.9 Å². The van der Waals surface area contributed by atoms with E-state index in [1.165, 1.54) is 12.1 Å². The molecule has 0 atom stereocenters. The van der Waals surface area contributed by atoms with Crippen LogP contribution in [0.4, 0.5) is 18.9 Å². The van der Waals surface area contributed by atoms with E-state index in [9.17, 15) is 32.9 Å². The predicted molar refractivity (Wildman–Crippen MR) is 79.5 cm³/mol. The molecule has 0 bridgehead atoms. The molecule has 0 aromatic heterocycles. The fourth-order valence-corrected chi connectivity index (χ4v) is 1.83.